The molecule has 1 aromatic carbocycles. The average molecular weight is 333 g/mol. The maximum atomic E-state index is 12.3. The van der Waals surface area contributed by atoms with Crippen molar-refractivity contribution in [2.45, 2.75) is 13.0 Å². The summed E-state index contributed by atoms with van der Waals surface area (Å²) in [5.74, 6) is 0.0557. The minimum absolute atomic E-state index is 0.0107. The van der Waals surface area contributed by atoms with E-state index in [9.17, 15) is 19.5 Å². The van der Waals surface area contributed by atoms with Gasteiger partial charge in [0.1, 0.15) is 11.4 Å². The van der Waals surface area contributed by atoms with Crippen LogP contribution >= 0.6 is 0 Å². The second-order valence-corrected chi connectivity index (χ2v) is 5.21. The average Bonchev–Trinajstić information content (AvgIpc) is 2.53. The Bertz CT molecular complexity index is 798. The Morgan fingerprint density at radius 3 is 2.71 bits per heavy atom. The monoisotopic (exact) mass is 333 g/mol. The summed E-state index contributed by atoms with van der Waals surface area (Å²) < 4.78 is 5.38. The second-order valence-electron chi connectivity index (χ2n) is 5.21. The number of aliphatic hydroxyl groups is 1. The first kappa shape index (κ1) is 17.5. The van der Waals surface area contributed by atoms with Crippen molar-refractivity contribution in [1.29, 1.82) is 0 Å². The van der Waals surface area contributed by atoms with Gasteiger partial charge in [-0.05, 0) is 24.6 Å². The minimum atomic E-state index is -0.937. The summed E-state index contributed by atoms with van der Waals surface area (Å²) in [6.07, 6.45) is -0.937. The lowest BCUT2D eigenvalue weighted by molar-refractivity contribution is 0.0674. The number of nitrogens with zero attached hydrogens (tertiary/aromatic N) is 1. The standard InChI is InChI=1S/C16H19N3O5/c1-3-24-11-6-4-5-10(7-11)13(20)9-19(2)15(22)12-8-14(21)18-16(23)17-12/h4-8,13,20H,3,9H2,1-2H3,(H2,17,18,21,23)/t13-/m0/s1. The van der Waals surface area contributed by atoms with Crippen LogP contribution in [0.5, 0.6) is 5.75 Å². The molecule has 2 aromatic rings. The Kier molecular flexibility index (Phi) is 5.54. The number of carbonyl (C=O) groups excluding carboxylic acids is 1. The number of nitrogens with one attached hydrogen (secondary N) is 2. The van der Waals surface area contributed by atoms with E-state index in [0.717, 1.165) is 6.07 Å². The number of aliphatic hydroxyl groups excluding tert-OH is 1. The second kappa shape index (κ2) is 7.60. The third kappa shape index (κ3) is 4.32. The van der Waals surface area contributed by atoms with E-state index in [4.69, 9.17) is 4.74 Å². The van der Waals surface area contributed by atoms with Gasteiger partial charge >= 0.3 is 5.69 Å². The molecular weight excluding hydrogens is 314 g/mol. The molecular formula is C16H19N3O5. The number of rotatable bonds is 6. The zero-order valence-electron chi connectivity index (χ0n) is 13.4. The largest absolute Gasteiger partial charge is 0.494 e. The zero-order chi connectivity index (χ0) is 17.7. The number of aromatic nitrogens is 2. The van der Waals surface area contributed by atoms with Crippen LogP contribution in [0.15, 0.2) is 39.9 Å². The fraction of sp³-hybridized carbons (Fsp3) is 0.312. The number of aromatic amines is 2. The number of amides is 1. The van der Waals surface area contributed by atoms with Crippen LogP contribution in [0.4, 0.5) is 0 Å². The van der Waals surface area contributed by atoms with Gasteiger partial charge in [0.15, 0.2) is 0 Å². The van der Waals surface area contributed by atoms with E-state index >= 15 is 0 Å². The van der Waals surface area contributed by atoms with Gasteiger partial charge in [-0.3, -0.25) is 14.6 Å². The molecule has 0 unspecified atom stereocenters. The molecule has 8 heteroatoms. The number of carbonyl (C=O) groups is 1. The van der Waals surface area contributed by atoms with Crippen molar-refractivity contribution >= 4 is 5.91 Å². The van der Waals surface area contributed by atoms with Gasteiger partial charge in [-0.2, -0.15) is 0 Å². The first-order valence-corrected chi connectivity index (χ1v) is 7.40. The number of likely N-dealkylation sites (N-methyl/N-ethyl adjacent to an activating group) is 1. The molecule has 1 atom stereocenters. The molecule has 0 aliphatic rings. The van der Waals surface area contributed by atoms with Gasteiger partial charge in [0.05, 0.1) is 19.3 Å². The minimum Gasteiger partial charge on any atom is -0.494 e. The van der Waals surface area contributed by atoms with Crippen LogP contribution in [-0.2, 0) is 0 Å². The molecule has 128 valence electrons. The van der Waals surface area contributed by atoms with Gasteiger partial charge < -0.3 is 19.7 Å². The van der Waals surface area contributed by atoms with Gasteiger partial charge in [-0.1, -0.05) is 12.1 Å². The van der Waals surface area contributed by atoms with Gasteiger partial charge in [0, 0.05) is 13.1 Å². The predicted octanol–water partition coefficient (Wildman–Crippen LogP) is 0.267. The van der Waals surface area contributed by atoms with Crippen molar-refractivity contribution < 1.29 is 14.6 Å². The van der Waals surface area contributed by atoms with Crippen molar-refractivity contribution in [2.75, 3.05) is 20.2 Å². The molecule has 0 radical (unpaired) electrons. The fourth-order valence-corrected chi connectivity index (χ4v) is 2.22. The lowest BCUT2D eigenvalue weighted by Crippen LogP contribution is -2.34. The molecule has 0 aliphatic carbocycles. The fourth-order valence-electron chi connectivity index (χ4n) is 2.22. The number of hydrogen-bond acceptors (Lipinski definition) is 5. The smallest absolute Gasteiger partial charge is 0.326 e. The molecule has 1 heterocycles. The maximum absolute atomic E-state index is 12.3. The summed E-state index contributed by atoms with van der Waals surface area (Å²) in [6, 6.07) is 7.94. The number of ether oxygens (including phenoxy) is 1. The quantitative estimate of drug-likeness (QED) is 0.702. The summed E-state index contributed by atoms with van der Waals surface area (Å²) >= 11 is 0. The van der Waals surface area contributed by atoms with Crippen molar-refractivity contribution in [3.05, 3.63) is 62.4 Å². The molecule has 2 rings (SSSR count). The van der Waals surface area contributed by atoms with Crippen molar-refractivity contribution in [1.82, 2.24) is 14.9 Å². The van der Waals surface area contributed by atoms with Gasteiger partial charge in [0.2, 0.25) is 0 Å². The number of H-pyrrole nitrogens is 2. The Labute approximate surface area is 137 Å². The zero-order valence-corrected chi connectivity index (χ0v) is 13.4. The Balaban J connectivity index is 2.11. The van der Waals surface area contributed by atoms with Crippen LogP contribution in [-0.4, -0.2) is 46.1 Å². The summed E-state index contributed by atoms with van der Waals surface area (Å²) in [7, 11) is 1.47. The lowest BCUT2D eigenvalue weighted by Gasteiger charge is -2.21. The molecule has 0 spiro atoms. The van der Waals surface area contributed by atoms with Crippen LogP contribution in [0.25, 0.3) is 0 Å². The molecule has 8 nitrogen and oxygen atoms in total. The highest BCUT2D eigenvalue weighted by Crippen LogP contribution is 2.20. The van der Waals surface area contributed by atoms with Crippen molar-refractivity contribution in [3.63, 3.8) is 0 Å². The molecule has 1 aromatic heterocycles. The van der Waals surface area contributed by atoms with Gasteiger partial charge in [0.25, 0.3) is 11.5 Å². The molecule has 3 N–H and O–H groups in total. The van der Waals surface area contributed by atoms with Crippen molar-refractivity contribution in [3.8, 4) is 5.75 Å². The Hall–Kier alpha value is -2.87. The maximum Gasteiger partial charge on any atom is 0.326 e. The number of hydrogen-bond donors (Lipinski definition) is 3. The van der Waals surface area contributed by atoms with Crippen molar-refractivity contribution in [2.24, 2.45) is 0 Å². The lowest BCUT2D eigenvalue weighted by atomic mass is 10.1. The molecule has 0 aliphatic heterocycles. The third-order valence-electron chi connectivity index (χ3n) is 3.34. The first-order valence-electron chi connectivity index (χ1n) is 7.40. The molecule has 0 bridgehead atoms. The summed E-state index contributed by atoms with van der Waals surface area (Å²) in [5, 5.41) is 10.3. The van der Waals surface area contributed by atoms with Crippen LogP contribution in [0.3, 0.4) is 0 Å². The van der Waals surface area contributed by atoms with E-state index < -0.39 is 23.3 Å². The normalized spacial score (nSPS) is 11.8. The topological polar surface area (TPSA) is 115 Å². The van der Waals surface area contributed by atoms with Crippen LogP contribution < -0.4 is 16.0 Å². The SMILES string of the molecule is CCOc1cccc([C@@H](O)CN(C)C(=O)c2cc(=O)[nH]c(=O)[nH]2)c1. The molecule has 24 heavy (non-hydrogen) atoms. The van der Waals surface area contributed by atoms with E-state index in [1.165, 1.54) is 11.9 Å². The summed E-state index contributed by atoms with van der Waals surface area (Å²) in [6.45, 7) is 2.36. The van der Waals surface area contributed by atoms with Crippen LogP contribution in [0.2, 0.25) is 0 Å². The molecule has 0 saturated carbocycles. The molecule has 1 amide bonds. The Morgan fingerprint density at radius 2 is 2.04 bits per heavy atom. The first-order chi connectivity index (χ1) is 11.4. The molecule has 0 fully saturated rings. The van der Waals surface area contributed by atoms with E-state index in [0.29, 0.717) is 17.9 Å². The molecule has 0 saturated heterocycles. The van der Waals surface area contributed by atoms with E-state index in [1.54, 1.807) is 24.3 Å². The highest BCUT2D eigenvalue weighted by molar-refractivity contribution is 5.91. The van der Waals surface area contributed by atoms with E-state index in [2.05, 4.69) is 4.98 Å². The van der Waals surface area contributed by atoms with E-state index in [1.807, 2.05) is 11.9 Å². The predicted molar refractivity (Wildman–Crippen MR) is 87.2 cm³/mol. The van der Waals surface area contributed by atoms with Crippen LogP contribution in [0.1, 0.15) is 29.1 Å². The summed E-state index contributed by atoms with van der Waals surface area (Å²) in [5.41, 5.74) is -0.966. The Morgan fingerprint density at radius 1 is 1.29 bits per heavy atom. The summed E-state index contributed by atoms with van der Waals surface area (Å²) in [4.78, 5) is 40.2. The van der Waals surface area contributed by atoms with Crippen LogP contribution in [0, 0.1) is 0 Å². The highest BCUT2D eigenvalue weighted by atomic mass is 16.5. The number of benzene rings is 1. The van der Waals surface area contributed by atoms with E-state index in [-0.39, 0.29) is 12.2 Å². The third-order valence-corrected chi connectivity index (χ3v) is 3.34. The van der Waals surface area contributed by atoms with Gasteiger partial charge in [-0.15, -0.1) is 0 Å². The van der Waals surface area contributed by atoms with Gasteiger partial charge in [-0.25, -0.2) is 4.79 Å². The highest BCUT2D eigenvalue weighted by Gasteiger charge is 2.18.